The fourth-order valence-electron chi connectivity index (χ4n) is 2.45. The van der Waals surface area contributed by atoms with Gasteiger partial charge in [0.1, 0.15) is 0 Å². The Morgan fingerprint density at radius 3 is 3.10 bits per heavy atom. The summed E-state index contributed by atoms with van der Waals surface area (Å²) in [6.07, 6.45) is 1.90. The molecule has 2 aromatic rings. The molecule has 0 saturated carbocycles. The van der Waals surface area contributed by atoms with Crippen molar-refractivity contribution in [1.82, 2.24) is 20.2 Å². The first-order valence-electron chi connectivity index (χ1n) is 7.07. The molecule has 0 fully saturated rings. The second-order valence-corrected chi connectivity index (χ2v) is 5.84. The number of nitrogens with zero attached hydrogens (tertiary/aromatic N) is 5. The number of tetrazole rings is 1. The van der Waals surface area contributed by atoms with Gasteiger partial charge in [0.25, 0.3) is 0 Å². The summed E-state index contributed by atoms with van der Waals surface area (Å²) in [5.74, 6) is 0.467. The Kier molecular flexibility index (Phi) is 4.19. The van der Waals surface area contributed by atoms with Crippen molar-refractivity contribution in [1.29, 1.82) is 0 Å². The van der Waals surface area contributed by atoms with E-state index in [-0.39, 0.29) is 5.91 Å². The lowest BCUT2D eigenvalue weighted by atomic mass is 10.2. The standard InChI is InChI=1S/C14H17N5OS/c1-2-8-19-14(15-16-17-19)21-10-13(20)18-9-7-11-5-3-4-6-12(11)18/h3-6H,2,7-10H2,1H3. The van der Waals surface area contributed by atoms with E-state index < -0.39 is 0 Å². The number of hydrogen-bond acceptors (Lipinski definition) is 5. The average molecular weight is 303 g/mol. The lowest BCUT2D eigenvalue weighted by Crippen LogP contribution is -2.30. The van der Waals surface area contributed by atoms with Crippen LogP contribution >= 0.6 is 11.8 Å². The molecule has 0 aliphatic carbocycles. The zero-order valence-corrected chi connectivity index (χ0v) is 12.7. The highest BCUT2D eigenvalue weighted by Gasteiger charge is 2.24. The number of hydrogen-bond donors (Lipinski definition) is 0. The van der Waals surface area contributed by atoms with Crippen molar-refractivity contribution < 1.29 is 4.79 Å². The van der Waals surface area contributed by atoms with Gasteiger partial charge in [-0.2, -0.15) is 0 Å². The van der Waals surface area contributed by atoms with Gasteiger partial charge in [-0.15, -0.1) is 5.10 Å². The second-order valence-electron chi connectivity index (χ2n) is 4.90. The predicted octanol–water partition coefficient (Wildman–Crippen LogP) is 1.76. The molecule has 0 saturated heterocycles. The minimum absolute atomic E-state index is 0.107. The van der Waals surface area contributed by atoms with Crippen molar-refractivity contribution in [2.24, 2.45) is 0 Å². The molecular formula is C14H17N5OS. The van der Waals surface area contributed by atoms with Gasteiger partial charge in [0.05, 0.1) is 5.75 Å². The van der Waals surface area contributed by atoms with Gasteiger partial charge in [0.2, 0.25) is 11.1 Å². The maximum Gasteiger partial charge on any atom is 0.237 e. The highest BCUT2D eigenvalue weighted by Crippen LogP contribution is 2.28. The second kappa shape index (κ2) is 6.26. The average Bonchev–Trinajstić information content (AvgIpc) is 3.12. The number of amides is 1. The SMILES string of the molecule is CCCn1nnnc1SCC(=O)N1CCc2ccccc21. The highest BCUT2D eigenvalue weighted by molar-refractivity contribution is 7.99. The van der Waals surface area contributed by atoms with E-state index in [4.69, 9.17) is 0 Å². The molecule has 1 aromatic carbocycles. The van der Waals surface area contributed by atoms with Crippen LogP contribution in [0.4, 0.5) is 5.69 Å². The molecule has 1 amide bonds. The Morgan fingerprint density at radius 2 is 2.24 bits per heavy atom. The number of carbonyl (C=O) groups excluding carboxylic acids is 1. The molecule has 1 aliphatic heterocycles. The molecule has 0 atom stereocenters. The number of fused-ring (bicyclic) bond motifs is 1. The zero-order chi connectivity index (χ0) is 14.7. The number of para-hydroxylation sites is 1. The van der Waals surface area contributed by atoms with Crippen LogP contribution in [0.2, 0.25) is 0 Å². The Bertz CT molecular complexity index is 642. The van der Waals surface area contributed by atoms with Gasteiger partial charge in [-0.3, -0.25) is 4.79 Å². The summed E-state index contributed by atoms with van der Waals surface area (Å²) in [6, 6.07) is 8.07. The highest BCUT2D eigenvalue weighted by atomic mass is 32.2. The van der Waals surface area contributed by atoms with E-state index in [1.807, 2.05) is 23.1 Å². The predicted molar refractivity (Wildman–Crippen MR) is 81.3 cm³/mol. The number of rotatable bonds is 5. The van der Waals surface area contributed by atoms with Gasteiger partial charge in [-0.1, -0.05) is 36.9 Å². The van der Waals surface area contributed by atoms with Gasteiger partial charge in [0, 0.05) is 18.8 Å². The monoisotopic (exact) mass is 303 g/mol. The van der Waals surface area contributed by atoms with Crippen molar-refractivity contribution in [3.63, 3.8) is 0 Å². The smallest absolute Gasteiger partial charge is 0.237 e. The first-order valence-corrected chi connectivity index (χ1v) is 8.05. The zero-order valence-electron chi connectivity index (χ0n) is 11.9. The summed E-state index contributed by atoms with van der Waals surface area (Å²) in [5.41, 5.74) is 2.28. The summed E-state index contributed by atoms with van der Waals surface area (Å²) in [7, 11) is 0. The number of anilines is 1. The quantitative estimate of drug-likeness (QED) is 0.788. The van der Waals surface area contributed by atoms with Crippen molar-refractivity contribution in [3.8, 4) is 0 Å². The molecule has 110 valence electrons. The molecule has 0 radical (unpaired) electrons. The Labute approximate surface area is 127 Å². The molecule has 6 nitrogen and oxygen atoms in total. The van der Waals surface area contributed by atoms with Crippen LogP contribution < -0.4 is 4.90 Å². The largest absolute Gasteiger partial charge is 0.311 e. The molecule has 0 unspecified atom stereocenters. The van der Waals surface area contributed by atoms with Crippen LogP contribution in [0.1, 0.15) is 18.9 Å². The first-order chi connectivity index (χ1) is 10.3. The van der Waals surface area contributed by atoms with Gasteiger partial charge in [-0.25, -0.2) is 4.68 Å². The third-order valence-corrected chi connectivity index (χ3v) is 4.39. The third-order valence-electron chi connectivity index (χ3n) is 3.45. The van der Waals surface area contributed by atoms with Crippen LogP contribution in [-0.4, -0.2) is 38.4 Å². The van der Waals surface area contributed by atoms with E-state index in [2.05, 4.69) is 28.5 Å². The van der Waals surface area contributed by atoms with Gasteiger partial charge in [0.15, 0.2) is 0 Å². The summed E-state index contributed by atoms with van der Waals surface area (Å²) in [5, 5.41) is 12.3. The summed E-state index contributed by atoms with van der Waals surface area (Å²) < 4.78 is 1.75. The van der Waals surface area contributed by atoms with Crippen LogP contribution in [0.5, 0.6) is 0 Å². The van der Waals surface area contributed by atoms with E-state index in [0.29, 0.717) is 10.9 Å². The minimum Gasteiger partial charge on any atom is -0.311 e. The van der Waals surface area contributed by atoms with Crippen LogP contribution in [0.15, 0.2) is 29.4 Å². The summed E-state index contributed by atoms with van der Waals surface area (Å²) in [6.45, 7) is 3.61. The number of carbonyl (C=O) groups is 1. The molecule has 3 rings (SSSR count). The van der Waals surface area contributed by atoms with Gasteiger partial charge < -0.3 is 4.90 Å². The number of aromatic nitrogens is 4. The maximum atomic E-state index is 12.4. The number of thioether (sulfide) groups is 1. The molecule has 2 heterocycles. The first kappa shape index (κ1) is 14.1. The van der Waals surface area contributed by atoms with E-state index >= 15 is 0 Å². The van der Waals surface area contributed by atoms with Gasteiger partial charge >= 0.3 is 0 Å². The topological polar surface area (TPSA) is 63.9 Å². The minimum atomic E-state index is 0.107. The van der Waals surface area contributed by atoms with Crippen molar-refractivity contribution in [3.05, 3.63) is 29.8 Å². The molecule has 0 bridgehead atoms. The lowest BCUT2D eigenvalue weighted by molar-refractivity contribution is -0.116. The Morgan fingerprint density at radius 1 is 1.38 bits per heavy atom. The van der Waals surface area contributed by atoms with E-state index in [1.54, 1.807) is 4.68 Å². The molecule has 0 N–H and O–H groups in total. The fraction of sp³-hybridized carbons (Fsp3) is 0.429. The van der Waals surface area contributed by atoms with Crippen LogP contribution in [0.3, 0.4) is 0 Å². The van der Waals surface area contributed by atoms with Crippen LogP contribution in [0.25, 0.3) is 0 Å². The molecule has 1 aliphatic rings. The maximum absolute atomic E-state index is 12.4. The Balaban J connectivity index is 1.64. The van der Waals surface area contributed by atoms with E-state index in [1.165, 1.54) is 17.3 Å². The van der Waals surface area contributed by atoms with Gasteiger partial charge in [-0.05, 0) is 34.9 Å². The third kappa shape index (κ3) is 2.92. The number of benzene rings is 1. The molecular weight excluding hydrogens is 286 g/mol. The van der Waals surface area contributed by atoms with Crippen molar-refractivity contribution in [2.45, 2.75) is 31.5 Å². The summed E-state index contributed by atoms with van der Waals surface area (Å²) >= 11 is 1.40. The Hall–Kier alpha value is -1.89. The normalized spacial score (nSPS) is 13.5. The van der Waals surface area contributed by atoms with Crippen LogP contribution in [-0.2, 0) is 17.8 Å². The van der Waals surface area contributed by atoms with Crippen LogP contribution in [0, 0.1) is 0 Å². The molecule has 0 spiro atoms. The lowest BCUT2D eigenvalue weighted by Gasteiger charge is -2.16. The van der Waals surface area contributed by atoms with Crippen molar-refractivity contribution in [2.75, 3.05) is 17.2 Å². The molecule has 7 heteroatoms. The molecule has 1 aromatic heterocycles. The molecule has 21 heavy (non-hydrogen) atoms. The number of aryl methyl sites for hydroxylation is 1. The van der Waals surface area contributed by atoms with Crippen molar-refractivity contribution >= 4 is 23.4 Å². The fourth-order valence-corrected chi connectivity index (χ4v) is 3.23. The van der Waals surface area contributed by atoms with E-state index in [9.17, 15) is 4.79 Å². The summed E-state index contributed by atoms with van der Waals surface area (Å²) in [4.78, 5) is 14.3. The van der Waals surface area contributed by atoms with E-state index in [0.717, 1.165) is 31.6 Å².